The molecule has 0 saturated carbocycles. The normalized spacial score (nSPS) is 12.5. The Morgan fingerprint density at radius 3 is 0.718 bits per heavy atom. The first-order chi connectivity index (χ1) is 38.5. The standard InChI is InChI=1S/C72H128O6/c1-4-7-10-13-16-19-22-25-28-31-33-35-36-38-39-41-44-47-50-53-56-59-62-65-71(74)77-68-69(67-76-70(73)64-61-58-55-52-49-46-43-30-27-24-21-18-15-12-9-6-3)78-72(75)66-63-60-57-54-51-48-45-42-40-37-34-32-29-26-23-20-17-14-11-8-5-2/h22-23,25-26,31-34,36,38,40,42,69H,4-21,24,27-30,35,37,39,41,43-68H2,1-3H3/b25-22-,26-23-,33-31-,34-32-,38-36-,42-40-. The van der Waals surface area contributed by atoms with Crippen LogP contribution in [0.5, 0.6) is 0 Å². The minimum atomic E-state index is -0.786. The van der Waals surface area contributed by atoms with Gasteiger partial charge in [0.2, 0.25) is 0 Å². The lowest BCUT2D eigenvalue weighted by Gasteiger charge is -2.18. The summed E-state index contributed by atoms with van der Waals surface area (Å²) in [5.74, 6) is -0.881. The van der Waals surface area contributed by atoms with Crippen LogP contribution in [0.3, 0.4) is 0 Å². The third kappa shape index (κ3) is 63.7. The molecule has 0 aromatic carbocycles. The van der Waals surface area contributed by atoms with Crippen LogP contribution in [0.2, 0.25) is 0 Å². The summed E-state index contributed by atoms with van der Waals surface area (Å²) >= 11 is 0. The molecule has 6 nitrogen and oxygen atoms in total. The number of esters is 3. The molecule has 0 amide bonds. The van der Waals surface area contributed by atoms with E-state index in [1.807, 2.05) is 0 Å². The summed E-state index contributed by atoms with van der Waals surface area (Å²) in [6, 6.07) is 0. The van der Waals surface area contributed by atoms with E-state index in [9.17, 15) is 14.4 Å². The first-order valence-electron chi connectivity index (χ1n) is 33.9. The van der Waals surface area contributed by atoms with E-state index in [2.05, 4.69) is 93.7 Å². The van der Waals surface area contributed by atoms with Gasteiger partial charge in [-0.1, -0.05) is 306 Å². The summed E-state index contributed by atoms with van der Waals surface area (Å²) in [4.78, 5) is 38.4. The summed E-state index contributed by atoms with van der Waals surface area (Å²) in [6.07, 6.45) is 86.2. The molecule has 0 aliphatic heterocycles. The first-order valence-corrected chi connectivity index (χ1v) is 33.9. The second-order valence-corrected chi connectivity index (χ2v) is 22.7. The highest BCUT2D eigenvalue weighted by Crippen LogP contribution is 2.17. The number of allylic oxidation sites excluding steroid dienone is 12. The average Bonchev–Trinajstić information content (AvgIpc) is 3.44. The third-order valence-corrected chi connectivity index (χ3v) is 14.9. The summed E-state index contributed by atoms with van der Waals surface area (Å²) in [5.41, 5.74) is 0. The highest BCUT2D eigenvalue weighted by molar-refractivity contribution is 5.71. The van der Waals surface area contributed by atoms with Crippen molar-refractivity contribution in [1.29, 1.82) is 0 Å². The van der Waals surface area contributed by atoms with Crippen molar-refractivity contribution in [2.45, 2.75) is 354 Å². The molecule has 0 radical (unpaired) electrons. The van der Waals surface area contributed by atoms with Gasteiger partial charge >= 0.3 is 17.9 Å². The lowest BCUT2D eigenvalue weighted by Crippen LogP contribution is -2.30. The van der Waals surface area contributed by atoms with E-state index in [4.69, 9.17) is 14.2 Å². The lowest BCUT2D eigenvalue weighted by atomic mass is 10.0. The molecule has 78 heavy (non-hydrogen) atoms. The fourth-order valence-corrected chi connectivity index (χ4v) is 9.81. The smallest absolute Gasteiger partial charge is 0.306 e. The maximum Gasteiger partial charge on any atom is 0.306 e. The fraction of sp³-hybridized carbons (Fsp3) is 0.792. The second-order valence-electron chi connectivity index (χ2n) is 22.7. The van der Waals surface area contributed by atoms with Crippen LogP contribution in [0, 0.1) is 0 Å². The van der Waals surface area contributed by atoms with E-state index in [0.717, 1.165) is 103 Å². The number of hydrogen-bond donors (Lipinski definition) is 0. The number of ether oxygens (including phenoxy) is 3. The van der Waals surface area contributed by atoms with Crippen molar-refractivity contribution in [3.05, 3.63) is 72.9 Å². The zero-order valence-corrected chi connectivity index (χ0v) is 51.9. The molecule has 0 heterocycles. The number of rotatable bonds is 62. The third-order valence-electron chi connectivity index (χ3n) is 14.9. The van der Waals surface area contributed by atoms with Crippen LogP contribution in [-0.4, -0.2) is 37.2 Å². The quantitative estimate of drug-likeness (QED) is 0.0261. The highest BCUT2D eigenvalue weighted by Gasteiger charge is 2.19. The van der Waals surface area contributed by atoms with Crippen LogP contribution in [0.1, 0.15) is 348 Å². The van der Waals surface area contributed by atoms with Crippen molar-refractivity contribution in [3.63, 3.8) is 0 Å². The number of unbranched alkanes of at least 4 members (excludes halogenated alkanes) is 39. The van der Waals surface area contributed by atoms with Gasteiger partial charge in [-0.05, 0) is 96.3 Å². The van der Waals surface area contributed by atoms with Gasteiger partial charge in [0.25, 0.3) is 0 Å². The van der Waals surface area contributed by atoms with Gasteiger partial charge in [0.1, 0.15) is 13.2 Å². The molecule has 6 heteroatoms. The van der Waals surface area contributed by atoms with E-state index < -0.39 is 6.10 Å². The van der Waals surface area contributed by atoms with Gasteiger partial charge in [-0.2, -0.15) is 0 Å². The van der Waals surface area contributed by atoms with Crippen molar-refractivity contribution >= 4 is 17.9 Å². The van der Waals surface area contributed by atoms with Crippen LogP contribution in [0.15, 0.2) is 72.9 Å². The van der Waals surface area contributed by atoms with E-state index in [1.54, 1.807) is 0 Å². The predicted molar refractivity (Wildman–Crippen MR) is 339 cm³/mol. The molecule has 0 spiro atoms. The van der Waals surface area contributed by atoms with Crippen LogP contribution in [0.4, 0.5) is 0 Å². The number of carbonyl (C=O) groups is 3. The molecular formula is C72H128O6. The summed E-state index contributed by atoms with van der Waals surface area (Å²) in [7, 11) is 0. The Bertz CT molecular complexity index is 1440. The molecule has 0 saturated heterocycles. The molecular weight excluding hydrogens is 961 g/mol. The van der Waals surface area contributed by atoms with Gasteiger partial charge in [-0.3, -0.25) is 14.4 Å². The molecule has 1 atom stereocenters. The molecule has 0 aromatic rings. The molecule has 0 aromatic heterocycles. The minimum Gasteiger partial charge on any atom is -0.462 e. The van der Waals surface area contributed by atoms with Crippen LogP contribution in [0.25, 0.3) is 0 Å². The Morgan fingerprint density at radius 2 is 0.462 bits per heavy atom. The Kier molecular flexibility index (Phi) is 63.7. The Balaban J connectivity index is 4.39. The largest absolute Gasteiger partial charge is 0.462 e. The molecule has 0 aliphatic carbocycles. The van der Waals surface area contributed by atoms with Crippen molar-refractivity contribution in [2.75, 3.05) is 13.2 Å². The van der Waals surface area contributed by atoms with Gasteiger partial charge in [-0.15, -0.1) is 0 Å². The van der Waals surface area contributed by atoms with Crippen molar-refractivity contribution in [3.8, 4) is 0 Å². The highest BCUT2D eigenvalue weighted by atomic mass is 16.6. The average molecular weight is 1090 g/mol. The molecule has 452 valence electrons. The Labute approximate surface area is 484 Å². The van der Waals surface area contributed by atoms with Crippen molar-refractivity contribution < 1.29 is 28.6 Å². The molecule has 0 aliphatic rings. The fourth-order valence-electron chi connectivity index (χ4n) is 9.81. The zero-order valence-electron chi connectivity index (χ0n) is 51.9. The second kappa shape index (κ2) is 66.4. The lowest BCUT2D eigenvalue weighted by molar-refractivity contribution is -0.167. The molecule has 0 bridgehead atoms. The van der Waals surface area contributed by atoms with Crippen LogP contribution in [-0.2, 0) is 28.6 Å². The van der Waals surface area contributed by atoms with Crippen LogP contribution >= 0.6 is 0 Å². The van der Waals surface area contributed by atoms with E-state index in [0.29, 0.717) is 19.3 Å². The zero-order chi connectivity index (χ0) is 56.4. The van der Waals surface area contributed by atoms with Gasteiger partial charge in [0, 0.05) is 19.3 Å². The van der Waals surface area contributed by atoms with Gasteiger partial charge in [0.05, 0.1) is 0 Å². The van der Waals surface area contributed by atoms with Gasteiger partial charge in [0.15, 0.2) is 6.10 Å². The summed E-state index contributed by atoms with van der Waals surface area (Å²) in [5, 5.41) is 0. The molecule has 0 rings (SSSR count). The van der Waals surface area contributed by atoms with Crippen molar-refractivity contribution in [2.24, 2.45) is 0 Å². The number of carbonyl (C=O) groups excluding carboxylic acids is 3. The maximum atomic E-state index is 12.9. The van der Waals surface area contributed by atoms with Crippen LogP contribution < -0.4 is 0 Å². The SMILES string of the molecule is CCCCCCC/C=C\C/C=C\C/C=C\CCCCCCCCCCC(=O)OCC(COC(=O)CCCCCCCCCCCCCCCCCC)OC(=O)CCCCCCCC/C=C\C/C=C\C/C=C\CCCCCCC. The van der Waals surface area contributed by atoms with E-state index in [-0.39, 0.29) is 31.1 Å². The molecule has 0 fully saturated rings. The van der Waals surface area contributed by atoms with Gasteiger partial charge < -0.3 is 14.2 Å². The topological polar surface area (TPSA) is 78.9 Å². The van der Waals surface area contributed by atoms with Gasteiger partial charge in [-0.25, -0.2) is 0 Å². The minimum absolute atomic E-state index is 0.0802. The predicted octanol–water partition coefficient (Wildman–Crippen LogP) is 23.3. The maximum absolute atomic E-state index is 12.9. The molecule has 1 unspecified atom stereocenters. The summed E-state index contributed by atoms with van der Waals surface area (Å²) < 4.78 is 17.0. The number of hydrogen-bond acceptors (Lipinski definition) is 6. The van der Waals surface area contributed by atoms with E-state index >= 15 is 0 Å². The van der Waals surface area contributed by atoms with Crippen molar-refractivity contribution in [1.82, 2.24) is 0 Å². The monoisotopic (exact) mass is 1090 g/mol. The summed E-state index contributed by atoms with van der Waals surface area (Å²) in [6.45, 7) is 6.65. The Morgan fingerprint density at radius 1 is 0.256 bits per heavy atom. The molecule has 0 N–H and O–H groups in total. The Hall–Kier alpha value is -3.15. The van der Waals surface area contributed by atoms with E-state index in [1.165, 1.54) is 205 Å². The first kappa shape index (κ1) is 74.8.